The van der Waals surface area contributed by atoms with Crippen LogP contribution in [0.15, 0.2) is 6.07 Å². The van der Waals surface area contributed by atoms with Crippen LogP contribution in [0.5, 0.6) is 5.75 Å². The van der Waals surface area contributed by atoms with Gasteiger partial charge >= 0.3 is 5.97 Å². The van der Waals surface area contributed by atoms with E-state index in [0.717, 1.165) is 31.2 Å². The Morgan fingerprint density at radius 3 is 3.00 bits per heavy atom. The fraction of sp³-hybridized carbons (Fsp3) is 0.462. The summed E-state index contributed by atoms with van der Waals surface area (Å²) in [5, 5.41) is 9.54. The molecule has 0 saturated heterocycles. The van der Waals surface area contributed by atoms with E-state index in [-0.39, 0.29) is 17.6 Å². The summed E-state index contributed by atoms with van der Waals surface area (Å²) in [7, 11) is 0. The Bertz CT molecular complexity index is 529. The molecule has 3 rings (SSSR count). The first-order chi connectivity index (χ1) is 8.58. The molecule has 1 aliphatic heterocycles. The van der Waals surface area contributed by atoms with Crippen LogP contribution in [0.2, 0.25) is 5.02 Å². The van der Waals surface area contributed by atoms with Gasteiger partial charge in [0.05, 0.1) is 16.8 Å². The lowest BCUT2D eigenvalue weighted by molar-refractivity contribution is 0.0677. The van der Waals surface area contributed by atoms with Crippen molar-refractivity contribution >= 4 is 23.3 Å². The zero-order valence-corrected chi connectivity index (χ0v) is 10.5. The molecular formula is C13H14ClNO3. The number of halogens is 1. The molecule has 2 atom stereocenters. The number of hydrogen-bond acceptors (Lipinski definition) is 3. The Morgan fingerprint density at radius 1 is 1.50 bits per heavy atom. The minimum Gasteiger partial charge on any atom is -0.489 e. The van der Waals surface area contributed by atoms with Gasteiger partial charge in [0.15, 0.2) is 0 Å². The summed E-state index contributed by atoms with van der Waals surface area (Å²) < 4.78 is 5.81. The Balaban J connectivity index is 2.23. The van der Waals surface area contributed by atoms with Crippen molar-refractivity contribution in [1.29, 1.82) is 0 Å². The Morgan fingerprint density at radius 2 is 2.28 bits per heavy atom. The van der Waals surface area contributed by atoms with Crippen molar-refractivity contribution in [3.8, 4) is 5.75 Å². The number of carbonyl (C=O) groups is 1. The van der Waals surface area contributed by atoms with Gasteiger partial charge in [0, 0.05) is 5.56 Å². The number of anilines is 1. The number of carboxylic acid groups (broad SMARTS) is 1. The highest BCUT2D eigenvalue weighted by Crippen LogP contribution is 2.49. The molecule has 1 aromatic carbocycles. The van der Waals surface area contributed by atoms with E-state index in [1.807, 2.05) is 0 Å². The molecule has 1 heterocycles. The summed E-state index contributed by atoms with van der Waals surface area (Å²) in [6, 6.07) is 1.39. The molecule has 1 aliphatic carbocycles. The molecule has 96 valence electrons. The number of ether oxygens (including phenoxy) is 1. The van der Waals surface area contributed by atoms with Crippen LogP contribution >= 0.6 is 11.6 Å². The number of hydrogen-bond donors (Lipinski definition) is 2. The van der Waals surface area contributed by atoms with Crippen molar-refractivity contribution < 1.29 is 14.6 Å². The summed E-state index contributed by atoms with van der Waals surface area (Å²) in [6.45, 7) is 0. The lowest BCUT2D eigenvalue weighted by Crippen LogP contribution is -2.31. The molecule has 5 heteroatoms. The van der Waals surface area contributed by atoms with Gasteiger partial charge in [0.2, 0.25) is 0 Å². The Labute approximate surface area is 110 Å². The quantitative estimate of drug-likeness (QED) is 0.767. The monoisotopic (exact) mass is 267 g/mol. The molecule has 0 aromatic heterocycles. The van der Waals surface area contributed by atoms with Crippen LogP contribution in [0, 0.1) is 0 Å². The van der Waals surface area contributed by atoms with Crippen LogP contribution in [0.4, 0.5) is 5.69 Å². The Kier molecular flexibility index (Phi) is 2.63. The van der Waals surface area contributed by atoms with Crippen LogP contribution in [-0.4, -0.2) is 17.2 Å². The molecule has 0 amide bonds. The topological polar surface area (TPSA) is 72.6 Å². The summed E-state index contributed by atoms with van der Waals surface area (Å²) >= 11 is 6.03. The molecule has 2 unspecified atom stereocenters. The van der Waals surface area contributed by atoms with Crippen molar-refractivity contribution in [2.75, 3.05) is 5.73 Å². The van der Waals surface area contributed by atoms with E-state index >= 15 is 0 Å². The number of aromatic carboxylic acids is 1. The number of fused-ring (bicyclic) bond motifs is 4. The molecule has 0 spiro atoms. The van der Waals surface area contributed by atoms with Crippen LogP contribution in [0.3, 0.4) is 0 Å². The van der Waals surface area contributed by atoms with Crippen LogP contribution in [0.25, 0.3) is 0 Å². The molecule has 1 fully saturated rings. The third-order valence-corrected chi connectivity index (χ3v) is 4.17. The van der Waals surface area contributed by atoms with E-state index in [4.69, 9.17) is 22.1 Å². The van der Waals surface area contributed by atoms with E-state index in [1.54, 1.807) is 0 Å². The number of rotatable bonds is 1. The standard InChI is InChI=1S/C13H14ClNO3/c14-9-5-8(13(16)17)12-10(11(9)15)6-2-1-3-7(4-6)18-12/h5-7H,1-4,15H2,(H,16,17). The summed E-state index contributed by atoms with van der Waals surface area (Å²) in [5.74, 6) is -0.303. The Hall–Kier alpha value is -1.42. The van der Waals surface area contributed by atoms with E-state index in [0.29, 0.717) is 16.5 Å². The van der Waals surface area contributed by atoms with Crippen molar-refractivity contribution in [2.45, 2.75) is 37.7 Å². The molecule has 18 heavy (non-hydrogen) atoms. The van der Waals surface area contributed by atoms with Gasteiger partial charge < -0.3 is 15.6 Å². The molecule has 3 N–H and O–H groups in total. The van der Waals surface area contributed by atoms with E-state index in [2.05, 4.69) is 0 Å². The van der Waals surface area contributed by atoms with Crippen LogP contribution in [0.1, 0.15) is 47.5 Å². The van der Waals surface area contributed by atoms with Crippen molar-refractivity contribution in [3.05, 3.63) is 22.2 Å². The highest BCUT2D eigenvalue weighted by Gasteiger charge is 2.36. The predicted octanol–water partition coefficient (Wildman–Crippen LogP) is 3.04. The number of nitrogens with two attached hydrogens (primary N) is 1. The molecule has 2 aliphatic rings. The third-order valence-electron chi connectivity index (χ3n) is 3.86. The fourth-order valence-electron chi connectivity index (χ4n) is 3.04. The average Bonchev–Trinajstić information content (AvgIpc) is 2.33. The van der Waals surface area contributed by atoms with Crippen molar-refractivity contribution in [3.63, 3.8) is 0 Å². The SMILES string of the molecule is Nc1c(Cl)cc(C(=O)O)c2c1C1CCCC(C1)O2. The van der Waals surface area contributed by atoms with Gasteiger partial charge in [-0.15, -0.1) is 0 Å². The second-order valence-corrected chi connectivity index (χ2v) is 5.38. The molecule has 0 radical (unpaired) electrons. The van der Waals surface area contributed by atoms with Crippen molar-refractivity contribution in [2.24, 2.45) is 0 Å². The second kappa shape index (κ2) is 4.05. The van der Waals surface area contributed by atoms with Gasteiger partial charge in [-0.25, -0.2) is 4.79 Å². The van der Waals surface area contributed by atoms with Gasteiger partial charge in [0.25, 0.3) is 0 Å². The second-order valence-electron chi connectivity index (χ2n) is 4.97. The largest absolute Gasteiger partial charge is 0.489 e. The summed E-state index contributed by atoms with van der Waals surface area (Å²) in [6.07, 6.45) is 4.13. The van der Waals surface area contributed by atoms with E-state index in [9.17, 15) is 9.90 Å². The summed E-state index contributed by atoms with van der Waals surface area (Å²) in [5.41, 5.74) is 7.40. The molecule has 1 saturated carbocycles. The van der Waals surface area contributed by atoms with Gasteiger partial charge in [-0.1, -0.05) is 11.6 Å². The minimum atomic E-state index is -1.02. The first-order valence-corrected chi connectivity index (χ1v) is 6.47. The first-order valence-electron chi connectivity index (χ1n) is 6.09. The maximum Gasteiger partial charge on any atom is 0.339 e. The molecular weight excluding hydrogens is 254 g/mol. The first kappa shape index (κ1) is 11.7. The smallest absolute Gasteiger partial charge is 0.339 e. The average molecular weight is 268 g/mol. The predicted molar refractivity (Wildman–Crippen MR) is 68.4 cm³/mol. The van der Waals surface area contributed by atoms with Gasteiger partial charge in [-0.05, 0) is 37.7 Å². The van der Waals surface area contributed by atoms with Gasteiger partial charge in [0.1, 0.15) is 11.3 Å². The lowest BCUT2D eigenvalue weighted by Gasteiger charge is -2.37. The van der Waals surface area contributed by atoms with Crippen LogP contribution in [-0.2, 0) is 0 Å². The molecule has 2 bridgehead atoms. The van der Waals surface area contributed by atoms with E-state index < -0.39 is 5.97 Å². The number of carboxylic acids is 1. The maximum absolute atomic E-state index is 11.3. The normalized spacial score (nSPS) is 25.2. The molecule has 4 nitrogen and oxygen atoms in total. The number of benzene rings is 1. The van der Waals surface area contributed by atoms with Gasteiger partial charge in [-0.3, -0.25) is 0 Å². The lowest BCUT2D eigenvalue weighted by atomic mass is 9.78. The third kappa shape index (κ3) is 1.63. The van der Waals surface area contributed by atoms with E-state index in [1.165, 1.54) is 6.07 Å². The molecule has 1 aromatic rings. The summed E-state index contributed by atoms with van der Waals surface area (Å²) in [4.78, 5) is 11.3. The zero-order valence-electron chi connectivity index (χ0n) is 9.78. The highest BCUT2D eigenvalue weighted by atomic mass is 35.5. The zero-order chi connectivity index (χ0) is 12.9. The number of nitrogen functional groups attached to an aromatic ring is 1. The minimum absolute atomic E-state index is 0.120. The van der Waals surface area contributed by atoms with Crippen LogP contribution < -0.4 is 10.5 Å². The highest BCUT2D eigenvalue weighted by molar-refractivity contribution is 6.33. The maximum atomic E-state index is 11.3. The fourth-order valence-corrected chi connectivity index (χ4v) is 3.25. The van der Waals surface area contributed by atoms with Gasteiger partial charge in [-0.2, -0.15) is 0 Å². The van der Waals surface area contributed by atoms with Crippen molar-refractivity contribution in [1.82, 2.24) is 0 Å².